The van der Waals surface area contributed by atoms with Crippen LogP contribution < -0.4 is 0 Å². The van der Waals surface area contributed by atoms with Crippen LogP contribution in [0, 0.1) is 6.92 Å². The van der Waals surface area contributed by atoms with Gasteiger partial charge in [-0.15, -0.1) is 11.3 Å². The number of rotatable bonds is 4. The number of fused-ring (bicyclic) bond motifs is 1. The van der Waals surface area contributed by atoms with Crippen molar-refractivity contribution in [3.05, 3.63) is 52.6 Å². The summed E-state index contributed by atoms with van der Waals surface area (Å²) in [5.74, 6) is -0.0203. The van der Waals surface area contributed by atoms with Gasteiger partial charge in [0.15, 0.2) is 11.4 Å². The van der Waals surface area contributed by atoms with Crippen LogP contribution in [-0.4, -0.2) is 35.1 Å². The van der Waals surface area contributed by atoms with Gasteiger partial charge in [0, 0.05) is 41.6 Å². The summed E-state index contributed by atoms with van der Waals surface area (Å²) in [5, 5.41) is 11.1. The molecule has 0 aliphatic heterocycles. The number of carbonyl (C=O) groups excluding carboxylic acids is 1. The second kappa shape index (κ2) is 5.64. The van der Waals surface area contributed by atoms with Crippen molar-refractivity contribution in [1.82, 2.24) is 29.4 Å². The minimum Gasteiger partial charge on any atom is -0.294 e. The molecule has 0 spiro atoms. The topological polar surface area (TPSA) is 78.0 Å². The van der Waals surface area contributed by atoms with E-state index in [1.165, 1.54) is 17.7 Å². The van der Waals surface area contributed by atoms with E-state index in [9.17, 15) is 4.79 Å². The third kappa shape index (κ3) is 2.61. The number of aromatic nitrogens is 6. The fourth-order valence-corrected chi connectivity index (χ4v) is 3.35. The Morgan fingerprint density at radius 2 is 2.12 bits per heavy atom. The van der Waals surface area contributed by atoms with Crippen molar-refractivity contribution in [2.75, 3.05) is 0 Å². The maximum Gasteiger partial charge on any atom is 0.173 e. The third-order valence-corrected chi connectivity index (χ3v) is 4.66. The fraction of sp³-hybridized carbons (Fsp3) is 0.188. The van der Waals surface area contributed by atoms with E-state index in [0.717, 1.165) is 21.8 Å². The quantitative estimate of drug-likeness (QED) is 0.534. The number of hydrogen-bond donors (Lipinski definition) is 0. The average molecular weight is 338 g/mol. The Bertz CT molecular complexity index is 1040. The van der Waals surface area contributed by atoms with E-state index in [0.29, 0.717) is 11.2 Å². The molecule has 0 saturated heterocycles. The van der Waals surface area contributed by atoms with Gasteiger partial charge >= 0.3 is 0 Å². The number of aryl methyl sites for hydroxylation is 2. The van der Waals surface area contributed by atoms with Gasteiger partial charge in [-0.1, -0.05) is 0 Å². The molecule has 8 heteroatoms. The fourth-order valence-electron chi connectivity index (χ4n) is 2.58. The molecule has 0 bridgehead atoms. The molecule has 4 aromatic heterocycles. The molecule has 4 heterocycles. The van der Waals surface area contributed by atoms with Crippen molar-refractivity contribution in [1.29, 1.82) is 0 Å². The van der Waals surface area contributed by atoms with Gasteiger partial charge < -0.3 is 0 Å². The Kier molecular flexibility index (Phi) is 3.46. The Balaban J connectivity index is 1.78. The molecule has 0 aliphatic rings. The Labute approximate surface area is 141 Å². The van der Waals surface area contributed by atoms with Crippen LogP contribution in [0.25, 0.3) is 16.8 Å². The zero-order chi connectivity index (χ0) is 16.7. The van der Waals surface area contributed by atoms with Gasteiger partial charge in [0.05, 0.1) is 18.2 Å². The number of pyridine rings is 1. The zero-order valence-corrected chi connectivity index (χ0v) is 14.0. The summed E-state index contributed by atoms with van der Waals surface area (Å²) in [6.45, 7) is 1.92. The summed E-state index contributed by atoms with van der Waals surface area (Å²) in [7, 11) is 1.86. The first kappa shape index (κ1) is 14.7. The molecule has 0 saturated carbocycles. The van der Waals surface area contributed by atoms with Crippen LogP contribution in [0.3, 0.4) is 0 Å². The molecule has 24 heavy (non-hydrogen) atoms. The zero-order valence-electron chi connectivity index (χ0n) is 13.2. The minimum atomic E-state index is -0.0203. The van der Waals surface area contributed by atoms with E-state index < -0.39 is 0 Å². The number of ketones is 1. The highest BCUT2D eigenvalue weighted by Crippen LogP contribution is 2.23. The molecule has 0 aliphatic carbocycles. The molecule has 0 aromatic carbocycles. The van der Waals surface area contributed by atoms with Crippen LogP contribution >= 0.6 is 11.3 Å². The monoisotopic (exact) mass is 338 g/mol. The van der Waals surface area contributed by atoms with Gasteiger partial charge in [0.1, 0.15) is 11.3 Å². The van der Waals surface area contributed by atoms with Gasteiger partial charge in [0.25, 0.3) is 0 Å². The molecule has 0 fully saturated rings. The predicted molar refractivity (Wildman–Crippen MR) is 90.1 cm³/mol. The second-order valence-corrected chi connectivity index (χ2v) is 6.50. The number of hydrogen-bond acceptors (Lipinski definition) is 6. The molecular weight excluding hydrogens is 324 g/mol. The number of Topliss-reactive ketones (excluding diaryl/α,β-unsaturated/α-hetero) is 1. The lowest BCUT2D eigenvalue weighted by Crippen LogP contribution is -2.07. The molecule has 0 amide bonds. The summed E-state index contributed by atoms with van der Waals surface area (Å²) in [5.41, 5.74) is 3.83. The summed E-state index contributed by atoms with van der Waals surface area (Å²) in [4.78, 5) is 21.4. The maximum absolute atomic E-state index is 12.8. The SMILES string of the molecule is Cc1csc(CC(=O)c2cc(-c3cnn(C)c3)cn3ncnc23)n1. The Hall–Kier alpha value is -2.87. The van der Waals surface area contributed by atoms with Crippen LogP contribution in [0.1, 0.15) is 21.1 Å². The first-order valence-electron chi connectivity index (χ1n) is 7.37. The molecule has 4 rings (SSSR count). The minimum absolute atomic E-state index is 0.0203. The van der Waals surface area contributed by atoms with E-state index >= 15 is 0 Å². The van der Waals surface area contributed by atoms with Gasteiger partial charge in [-0.25, -0.2) is 14.5 Å². The van der Waals surface area contributed by atoms with Crippen LogP contribution in [0.15, 0.2) is 36.4 Å². The maximum atomic E-state index is 12.8. The van der Waals surface area contributed by atoms with E-state index in [1.807, 2.05) is 37.8 Å². The number of carbonyl (C=O) groups is 1. The van der Waals surface area contributed by atoms with E-state index in [4.69, 9.17) is 0 Å². The average Bonchev–Trinajstić information content (AvgIpc) is 3.27. The first-order chi connectivity index (χ1) is 11.6. The van der Waals surface area contributed by atoms with Crippen molar-refractivity contribution < 1.29 is 4.79 Å². The molecule has 0 unspecified atom stereocenters. The van der Waals surface area contributed by atoms with Crippen molar-refractivity contribution >= 4 is 22.8 Å². The highest BCUT2D eigenvalue weighted by Gasteiger charge is 2.17. The van der Waals surface area contributed by atoms with Crippen molar-refractivity contribution in [2.24, 2.45) is 7.05 Å². The van der Waals surface area contributed by atoms with E-state index in [2.05, 4.69) is 20.2 Å². The Morgan fingerprint density at radius 1 is 1.25 bits per heavy atom. The molecule has 0 radical (unpaired) electrons. The molecule has 120 valence electrons. The molecule has 0 atom stereocenters. The van der Waals surface area contributed by atoms with Gasteiger partial charge in [-0.3, -0.25) is 9.48 Å². The second-order valence-electron chi connectivity index (χ2n) is 5.56. The molecule has 7 nitrogen and oxygen atoms in total. The molecule has 0 N–H and O–H groups in total. The third-order valence-electron chi connectivity index (χ3n) is 3.69. The largest absolute Gasteiger partial charge is 0.294 e. The number of nitrogens with zero attached hydrogens (tertiary/aromatic N) is 6. The predicted octanol–water partition coefficient (Wildman–Crippen LogP) is 2.32. The van der Waals surface area contributed by atoms with Crippen molar-refractivity contribution in [3.63, 3.8) is 0 Å². The van der Waals surface area contributed by atoms with Gasteiger partial charge in [-0.2, -0.15) is 10.2 Å². The first-order valence-corrected chi connectivity index (χ1v) is 8.25. The van der Waals surface area contributed by atoms with Crippen LogP contribution in [0.5, 0.6) is 0 Å². The van der Waals surface area contributed by atoms with E-state index in [-0.39, 0.29) is 12.2 Å². The lowest BCUT2D eigenvalue weighted by molar-refractivity contribution is 0.0994. The Morgan fingerprint density at radius 3 is 2.83 bits per heavy atom. The lowest BCUT2D eigenvalue weighted by atomic mass is 10.1. The molecular formula is C16H14N6OS. The summed E-state index contributed by atoms with van der Waals surface area (Å²) >= 11 is 1.50. The van der Waals surface area contributed by atoms with Crippen LogP contribution in [-0.2, 0) is 13.5 Å². The van der Waals surface area contributed by atoms with Crippen molar-refractivity contribution in [3.8, 4) is 11.1 Å². The highest BCUT2D eigenvalue weighted by atomic mass is 32.1. The summed E-state index contributed by atoms with van der Waals surface area (Å²) in [6.07, 6.45) is 7.22. The van der Waals surface area contributed by atoms with Gasteiger partial charge in [-0.05, 0) is 13.0 Å². The normalized spacial score (nSPS) is 11.2. The number of thiazole rings is 1. The summed E-state index contributed by atoms with van der Waals surface area (Å²) in [6, 6.07) is 1.85. The van der Waals surface area contributed by atoms with E-state index in [1.54, 1.807) is 15.4 Å². The van der Waals surface area contributed by atoms with Gasteiger partial charge in [0.2, 0.25) is 0 Å². The highest BCUT2D eigenvalue weighted by molar-refractivity contribution is 7.09. The lowest BCUT2D eigenvalue weighted by Gasteiger charge is -2.05. The smallest absolute Gasteiger partial charge is 0.173 e. The van der Waals surface area contributed by atoms with Crippen LogP contribution in [0.4, 0.5) is 0 Å². The standard InChI is InChI=1S/C16H14N6OS/c1-10-8-24-15(20-10)4-14(23)13-3-11(12-5-18-21(2)6-12)7-22-16(13)17-9-19-22/h3,5-9H,4H2,1-2H3. The molecule has 4 aromatic rings. The van der Waals surface area contributed by atoms with Crippen molar-refractivity contribution in [2.45, 2.75) is 13.3 Å². The summed E-state index contributed by atoms with van der Waals surface area (Å²) < 4.78 is 3.35. The van der Waals surface area contributed by atoms with Crippen LogP contribution in [0.2, 0.25) is 0 Å².